The van der Waals surface area contributed by atoms with Gasteiger partial charge in [0.05, 0.1) is 35.5 Å². The summed E-state index contributed by atoms with van der Waals surface area (Å²) in [5, 5.41) is 12.8. The number of alkyl halides is 3. The van der Waals surface area contributed by atoms with E-state index in [0.29, 0.717) is 16.5 Å². The number of fused-ring (bicyclic) bond motifs is 2. The monoisotopic (exact) mass is 680 g/mol. The number of benzene rings is 2. The number of anilines is 1. The first-order chi connectivity index (χ1) is 23.3. The van der Waals surface area contributed by atoms with Crippen molar-refractivity contribution in [2.45, 2.75) is 31.6 Å². The second kappa shape index (κ2) is 12.8. The molecule has 254 valence electrons. The predicted molar refractivity (Wildman–Crippen MR) is 170 cm³/mol. The summed E-state index contributed by atoms with van der Waals surface area (Å²) in [5.74, 6) is -3.66. The van der Waals surface area contributed by atoms with Crippen molar-refractivity contribution in [3.05, 3.63) is 104 Å². The number of pyridine rings is 2. The molecule has 12 nitrogen and oxygen atoms in total. The van der Waals surface area contributed by atoms with Crippen molar-refractivity contribution in [3.63, 3.8) is 0 Å². The van der Waals surface area contributed by atoms with Crippen LogP contribution in [0.5, 0.6) is 0 Å². The minimum atomic E-state index is -4.65. The van der Waals surface area contributed by atoms with E-state index in [-0.39, 0.29) is 47.5 Å². The third-order valence-corrected chi connectivity index (χ3v) is 8.48. The third-order valence-electron chi connectivity index (χ3n) is 8.48. The van der Waals surface area contributed by atoms with Crippen LogP contribution in [-0.4, -0.2) is 74.1 Å². The van der Waals surface area contributed by atoms with Crippen LogP contribution in [0.15, 0.2) is 70.5 Å². The highest BCUT2D eigenvalue weighted by Gasteiger charge is 2.45. The van der Waals surface area contributed by atoms with Gasteiger partial charge in [0.25, 0.3) is 11.5 Å². The number of carbonyl (C=O) groups excluding carboxylic acids is 1. The van der Waals surface area contributed by atoms with E-state index in [4.69, 9.17) is 4.74 Å². The number of aromatic nitrogens is 4. The summed E-state index contributed by atoms with van der Waals surface area (Å²) in [7, 11) is 1.49. The second-order valence-corrected chi connectivity index (χ2v) is 11.5. The van der Waals surface area contributed by atoms with Crippen LogP contribution < -0.4 is 21.5 Å². The first-order valence-electron chi connectivity index (χ1n) is 15.0. The molecule has 0 aliphatic carbocycles. The van der Waals surface area contributed by atoms with Crippen LogP contribution in [0.1, 0.15) is 21.5 Å². The number of halogens is 4. The van der Waals surface area contributed by atoms with E-state index in [9.17, 15) is 37.5 Å². The van der Waals surface area contributed by atoms with Crippen molar-refractivity contribution in [3.8, 4) is 5.69 Å². The molecule has 2 N–H and O–H groups in total. The smallest absolute Gasteiger partial charge is 0.411 e. The number of hydrogen-bond donors (Lipinski definition) is 2. The molecule has 1 aliphatic heterocycles. The number of aryl methyl sites for hydroxylation is 2. The normalized spacial score (nSPS) is 15.8. The van der Waals surface area contributed by atoms with Gasteiger partial charge in [0, 0.05) is 43.5 Å². The summed E-state index contributed by atoms with van der Waals surface area (Å²) in [6.45, 7) is 0.545. The van der Waals surface area contributed by atoms with Gasteiger partial charge in [-0.2, -0.15) is 13.2 Å². The van der Waals surface area contributed by atoms with E-state index in [2.05, 4.69) is 15.3 Å². The Balaban J connectivity index is 1.32. The minimum absolute atomic E-state index is 0.0000416. The SMILES string of the molecule is Cc1cc(N2CCOC[C@@H]2C(F)(F)F)cc(F)c1C(=O)NC(Cc1ccc(-n2c(=O)c3ncccc3n(C)c2=O)c2ncccc12)C(=O)O. The molecular weight excluding hydrogens is 652 g/mol. The maximum absolute atomic E-state index is 15.4. The van der Waals surface area contributed by atoms with E-state index < -0.39 is 59.4 Å². The fraction of sp³-hybridized carbons (Fsp3) is 0.273. The highest BCUT2D eigenvalue weighted by atomic mass is 19.4. The largest absolute Gasteiger partial charge is 0.480 e. The maximum atomic E-state index is 15.4. The molecule has 2 atom stereocenters. The Labute approximate surface area is 274 Å². The molecule has 1 fully saturated rings. The fourth-order valence-corrected chi connectivity index (χ4v) is 6.08. The lowest BCUT2D eigenvalue weighted by Gasteiger charge is -2.38. The molecule has 1 aliphatic rings. The van der Waals surface area contributed by atoms with Crippen LogP contribution in [-0.2, 0) is 23.0 Å². The summed E-state index contributed by atoms with van der Waals surface area (Å²) in [5.41, 5.74) is -0.881. The zero-order chi connectivity index (χ0) is 35.2. The van der Waals surface area contributed by atoms with Gasteiger partial charge in [-0.05, 0) is 54.4 Å². The summed E-state index contributed by atoms with van der Waals surface area (Å²) in [6, 6.07) is 7.76. The van der Waals surface area contributed by atoms with Gasteiger partial charge < -0.3 is 20.1 Å². The lowest BCUT2D eigenvalue weighted by molar-refractivity contribution is -0.167. The second-order valence-electron chi connectivity index (χ2n) is 11.5. The van der Waals surface area contributed by atoms with Gasteiger partial charge in [0.1, 0.15) is 17.9 Å². The average molecular weight is 681 g/mol. The number of hydrogen-bond acceptors (Lipinski definition) is 8. The summed E-state index contributed by atoms with van der Waals surface area (Å²) >= 11 is 0. The Morgan fingerprint density at radius 1 is 1.08 bits per heavy atom. The first kappa shape index (κ1) is 33.3. The number of ether oxygens (including phenoxy) is 1. The topological polar surface area (TPSA) is 149 Å². The fourth-order valence-electron chi connectivity index (χ4n) is 6.08. The number of carboxylic acid groups (broad SMARTS) is 1. The molecule has 4 heterocycles. The summed E-state index contributed by atoms with van der Waals surface area (Å²) < 4.78 is 63.5. The standard InChI is InChI=1S/C33H28F4N6O6/c1-17-13-19(42-11-12-49-16-25(42)33(35,36)37)15-21(34)26(17)29(44)40-22(31(46)47)14-18-7-8-24(27-20(18)5-3-9-38-27)43-30(45)28-23(6-4-10-39-28)41(2)32(43)48/h3-10,13,15,22,25H,11-12,14,16H2,1-2H3,(H,40,44)(H,46,47)/t22?,25-/m1/s1. The number of nitrogens with one attached hydrogen (secondary N) is 1. The molecule has 0 saturated carbocycles. The zero-order valence-corrected chi connectivity index (χ0v) is 26.0. The number of nitrogens with zero attached hydrogens (tertiary/aromatic N) is 5. The molecular formula is C33H28F4N6O6. The molecule has 3 aromatic heterocycles. The zero-order valence-electron chi connectivity index (χ0n) is 26.0. The molecule has 1 amide bonds. The van der Waals surface area contributed by atoms with Crippen LogP contribution in [0, 0.1) is 12.7 Å². The van der Waals surface area contributed by atoms with Gasteiger partial charge in [-0.3, -0.25) is 19.1 Å². The molecule has 6 rings (SSSR count). The molecule has 5 aromatic rings. The van der Waals surface area contributed by atoms with Gasteiger partial charge in [0.2, 0.25) is 0 Å². The molecule has 0 spiro atoms. The van der Waals surface area contributed by atoms with Crippen molar-refractivity contribution in [2.24, 2.45) is 7.05 Å². The Kier molecular flexibility index (Phi) is 8.66. The van der Waals surface area contributed by atoms with E-state index in [1.165, 1.54) is 49.1 Å². The van der Waals surface area contributed by atoms with Gasteiger partial charge in [-0.15, -0.1) is 0 Å². The van der Waals surface area contributed by atoms with Crippen molar-refractivity contribution < 1.29 is 37.0 Å². The Morgan fingerprint density at radius 3 is 2.49 bits per heavy atom. The van der Waals surface area contributed by atoms with Crippen LogP contribution in [0.3, 0.4) is 0 Å². The molecule has 0 radical (unpaired) electrons. The molecule has 1 saturated heterocycles. The van der Waals surface area contributed by atoms with E-state index in [1.54, 1.807) is 24.3 Å². The number of carboxylic acids is 1. The lowest BCUT2D eigenvalue weighted by Crippen LogP contribution is -2.53. The molecule has 0 bridgehead atoms. The number of rotatable bonds is 7. The Hall–Kier alpha value is -5.64. The van der Waals surface area contributed by atoms with Gasteiger partial charge in [-0.1, -0.05) is 12.1 Å². The van der Waals surface area contributed by atoms with Crippen molar-refractivity contribution in [2.75, 3.05) is 24.7 Å². The number of amides is 1. The average Bonchev–Trinajstić information content (AvgIpc) is 3.07. The molecule has 1 unspecified atom stereocenters. The number of morpholine rings is 1. The van der Waals surface area contributed by atoms with Crippen LogP contribution >= 0.6 is 0 Å². The van der Waals surface area contributed by atoms with Gasteiger partial charge in [-0.25, -0.2) is 23.5 Å². The van der Waals surface area contributed by atoms with Gasteiger partial charge in [0.15, 0.2) is 5.52 Å². The predicted octanol–water partition coefficient (Wildman–Crippen LogP) is 3.27. The summed E-state index contributed by atoms with van der Waals surface area (Å²) in [4.78, 5) is 61.9. The van der Waals surface area contributed by atoms with Crippen LogP contribution in [0.25, 0.3) is 27.6 Å². The first-order valence-corrected chi connectivity index (χ1v) is 15.0. The Morgan fingerprint density at radius 2 is 1.80 bits per heavy atom. The van der Waals surface area contributed by atoms with Crippen molar-refractivity contribution >= 4 is 39.5 Å². The highest BCUT2D eigenvalue weighted by molar-refractivity contribution is 5.99. The summed E-state index contributed by atoms with van der Waals surface area (Å²) in [6.07, 6.45) is -2.10. The van der Waals surface area contributed by atoms with E-state index >= 15 is 4.39 Å². The van der Waals surface area contributed by atoms with Gasteiger partial charge >= 0.3 is 17.8 Å². The quantitative estimate of drug-likeness (QED) is 0.247. The van der Waals surface area contributed by atoms with Crippen molar-refractivity contribution in [1.82, 2.24) is 24.4 Å². The number of aliphatic carboxylic acids is 1. The molecule has 49 heavy (non-hydrogen) atoms. The van der Waals surface area contributed by atoms with Crippen LogP contribution in [0.4, 0.5) is 23.2 Å². The van der Waals surface area contributed by atoms with E-state index in [1.807, 2.05) is 0 Å². The van der Waals surface area contributed by atoms with Crippen LogP contribution in [0.2, 0.25) is 0 Å². The van der Waals surface area contributed by atoms with Crippen molar-refractivity contribution in [1.29, 1.82) is 0 Å². The Bertz CT molecular complexity index is 2230. The highest BCUT2D eigenvalue weighted by Crippen LogP contribution is 2.33. The number of carbonyl (C=O) groups is 2. The third kappa shape index (κ3) is 6.10. The maximum Gasteiger partial charge on any atom is 0.411 e. The molecule has 2 aromatic carbocycles. The lowest BCUT2D eigenvalue weighted by atomic mass is 9.99. The minimum Gasteiger partial charge on any atom is -0.480 e. The molecule has 16 heteroatoms. The van der Waals surface area contributed by atoms with E-state index in [0.717, 1.165) is 15.5 Å².